The molecule has 1 spiro atoms. The number of rotatable bonds is 1. The number of nitrogens with zero attached hydrogens (tertiary/aromatic N) is 1. The lowest BCUT2D eigenvalue weighted by molar-refractivity contribution is -0.0217. The van der Waals surface area contributed by atoms with E-state index in [4.69, 9.17) is 4.74 Å². The van der Waals surface area contributed by atoms with Gasteiger partial charge < -0.3 is 9.64 Å². The SMILES string of the molecule is CC(C)N1CCC2(CCc3c(F)cccc3O2)CC1. The van der Waals surface area contributed by atoms with Gasteiger partial charge in [0.05, 0.1) is 0 Å². The van der Waals surface area contributed by atoms with Crippen LogP contribution >= 0.6 is 0 Å². The summed E-state index contributed by atoms with van der Waals surface area (Å²) in [5, 5.41) is 0. The summed E-state index contributed by atoms with van der Waals surface area (Å²) in [5.74, 6) is 0.649. The number of fused-ring (bicyclic) bond motifs is 1. The normalized spacial score (nSPS) is 22.3. The van der Waals surface area contributed by atoms with Gasteiger partial charge in [0, 0.05) is 24.7 Å². The second-order valence-corrected chi connectivity index (χ2v) is 6.13. The van der Waals surface area contributed by atoms with Gasteiger partial charge in [-0.05, 0) is 51.7 Å². The monoisotopic (exact) mass is 263 g/mol. The van der Waals surface area contributed by atoms with Crippen LogP contribution in [0.25, 0.3) is 0 Å². The highest BCUT2D eigenvalue weighted by molar-refractivity contribution is 5.37. The predicted octanol–water partition coefficient (Wildman–Crippen LogP) is 3.39. The first kappa shape index (κ1) is 12.9. The molecule has 0 radical (unpaired) electrons. The quantitative estimate of drug-likeness (QED) is 0.770. The maximum absolute atomic E-state index is 13.7. The summed E-state index contributed by atoms with van der Waals surface area (Å²) in [6.07, 6.45) is 3.87. The van der Waals surface area contributed by atoms with Crippen LogP contribution in [0.1, 0.15) is 38.7 Å². The van der Waals surface area contributed by atoms with E-state index in [0.29, 0.717) is 6.04 Å². The maximum atomic E-state index is 13.7. The molecule has 1 aromatic carbocycles. The van der Waals surface area contributed by atoms with Gasteiger partial charge in [0.15, 0.2) is 0 Å². The van der Waals surface area contributed by atoms with Crippen molar-refractivity contribution < 1.29 is 9.13 Å². The predicted molar refractivity (Wildman–Crippen MR) is 74.0 cm³/mol. The highest BCUT2D eigenvalue weighted by atomic mass is 19.1. The number of halogens is 1. The zero-order valence-electron chi connectivity index (χ0n) is 11.8. The van der Waals surface area contributed by atoms with Crippen LogP contribution in [0.3, 0.4) is 0 Å². The largest absolute Gasteiger partial charge is 0.487 e. The van der Waals surface area contributed by atoms with Crippen LogP contribution in [-0.2, 0) is 6.42 Å². The van der Waals surface area contributed by atoms with Crippen molar-refractivity contribution in [3.63, 3.8) is 0 Å². The van der Waals surface area contributed by atoms with Gasteiger partial charge in [0.25, 0.3) is 0 Å². The smallest absolute Gasteiger partial charge is 0.130 e. The van der Waals surface area contributed by atoms with E-state index in [2.05, 4.69) is 18.7 Å². The third kappa shape index (κ3) is 2.36. The van der Waals surface area contributed by atoms with Crippen molar-refractivity contribution in [2.75, 3.05) is 13.1 Å². The molecule has 2 heterocycles. The van der Waals surface area contributed by atoms with E-state index < -0.39 is 0 Å². The Balaban J connectivity index is 1.76. The highest BCUT2D eigenvalue weighted by Crippen LogP contribution is 2.40. The minimum Gasteiger partial charge on any atom is -0.487 e. The average Bonchev–Trinajstić information content (AvgIpc) is 2.39. The van der Waals surface area contributed by atoms with E-state index in [9.17, 15) is 4.39 Å². The fourth-order valence-electron chi connectivity index (χ4n) is 3.31. The molecule has 0 bridgehead atoms. The third-order valence-corrected chi connectivity index (χ3v) is 4.67. The molecule has 0 aromatic heterocycles. The maximum Gasteiger partial charge on any atom is 0.130 e. The topological polar surface area (TPSA) is 12.5 Å². The van der Waals surface area contributed by atoms with Gasteiger partial charge in [-0.25, -0.2) is 4.39 Å². The number of piperidine rings is 1. The van der Waals surface area contributed by atoms with Gasteiger partial charge in [-0.3, -0.25) is 0 Å². The van der Waals surface area contributed by atoms with Crippen LogP contribution in [0.15, 0.2) is 18.2 Å². The molecule has 104 valence electrons. The van der Waals surface area contributed by atoms with Crippen molar-refractivity contribution in [2.24, 2.45) is 0 Å². The Bertz CT molecular complexity index is 464. The van der Waals surface area contributed by atoms with Crippen molar-refractivity contribution in [1.29, 1.82) is 0 Å². The van der Waals surface area contributed by atoms with E-state index in [1.54, 1.807) is 6.07 Å². The summed E-state index contributed by atoms with van der Waals surface area (Å²) in [6, 6.07) is 5.79. The Kier molecular flexibility index (Phi) is 3.25. The summed E-state index contributed by atoms with van der Waals surface area (Å²) in [6.45, 7) is 6.65. The summed E-state index contributed by atoms with van der Waals surface area (Å²) in [4.78, 5) is 2.50. The zero-order valence-corrected chi connectivity index (χ0v) is 11.8. The van der Waals surface area contributed by atoms with Crippen molar-refractivity contribution in [3.8, 4) is 5.75 Å². The molecule has 1 saturated heterocycles. The Morgan fingerprint density at radius 2 is 1.95 bits per heavy atom. The number of ether oxygens (including phenoxy) is 1. The summed E-state index contributed by atoms with van der Waals surface area (Å²) in [7, 11) is 0. The average molecular weight is 263 g/mol. The second-order valence-electron chi connectivity index (χ2n) is 6.13. The fourth-order valence-corrected chi connectivity index (χ4v) is 3.31. The molecule has 2 aliphatic rings. The van der Waals surface area contributed by atoms with Gasteiger partial charge in [0.2, 0.25) is 0 Å². The first-order valence-electron chi connectivity index (χ1n) is 7.30. The molecule has 1 fully saturated rings. The number of likely N-dealkylation sites (tertiary alicyclic amines) is 1. The van der Waals surface area contributed by atoms with E-state index >= 15 is 0 Å². The Hall–Kier alpha value is -1.09. The van der Waals surface area contributed by atoms with Gasteiger partial charge >= 0.3 is 0 Å². The summed E-state index contributed by atoms with van der Waals surface area (Å²) >= 11 is 0. The second kappa shape index (κ2) is 4.78. The molecule has 0 unspecified atom stereocenters. The molecular formula is C16H22FNO. The lowest BCUT2D eigenvalue weighted by Crippen LogP contribution is -2.51. The van der Waals surface area contributed by atoms with E-state index in [1.165, 1.54) is 6.07 Å². The van der Waals surface area contributed by atoms with Crippen LogP contribution in [0.2, 0.25) is 0 Å². The van der Waals surface area contributed by atoms with Crippen LogP contribution in [0.4, 0.5) is 4.39 Å². The first-order valence-corrected chi connectivity index (χ1v) is 7.30. The summed E-state index contributed by atoms with van der Waals surface area (Å²) in [5.41, 5.74) is 0.714. The minimum absolute atomic E-state index is 0.0494. The van der Waals surface area contributed by atoms with E-state index in [0.717, 1.165) is 50.1 Å². The Morgan fingerprint density at radius 3 is 2.63 bits per heavy atom. The first-order chi connectivity index (χ1) is 9.10. The molecule has 0 N–H and O–H groups in total. The zero-order chi connectivity index (χ0) is 13.5. The van der Waals surface area contributed by atoms with Crippen molar-refractivity contribution >= 4 is 0 Å². The van der Waals surface area contributed by atoms with E-state index in [-0.39, 0.29) is 11.4 Å². The van der Waals surface area contributed by atoms with Gasteiger partial charge in [-0.15, -0.1) is 0 Å². The Labute approximate surface area is 114 Å². The minimum atomic E-state index is -0.119. The molecule has 3 rings (SSSR count). The van der Waals surface area contributed by atoms with Crippen LogP contribution in [0.5, 0.6) is 5.75 Å². The van der Waals surface area contributed by atoms with E-state index in [1.807, 2.05) is 6.07 Å². The number of benzene rings is 1. The highest BCUT2D eigenvalue weighted by Gasteiger charge is 2.40. The standard InChI is InChI=1S/C16H22FNO/c1-12(2)18-10-8-16(9-11-18)7-6-13-14(17)4-3-5-15(13)19-16/h3-5,12H,6-11H2,1-2H3. The van der Waals surface area contributed by atoms with Crippen LogP contribution in [-0.4, -0.2) is 29.6 Å². The lowest BCUT2D eigenvalue weighted by atomic mass is 9.82. The third-order valence-electron chi connectivity index (χ3n) is 4.67. The molecule has 2 nitrogen and oxygen atoms in total. The molecular weight excluding hydrogens is 241 g/mol. The van der Waals surface area contributed by atoms with Crippen molar-refractivity contribution in [3.05, 3.63) is 29.6 Å². The number of hydrogen-bond acceptors (Lipinski definition) is 2. The lowest BCUT2D eigenvalue weighted by Gasteiger charge is -2.45. The molecule has 0 amide bonds. The summed E-state index contributed by atoms with van der Waals surface area (Å²) < 4.78 is 19.9. The molecule has 1 aromatic rings. The Morgan fingerprint density at radius 1 is 1.21 bits per heavy atom. The molecule has 3 heteroatoms. The molecule has 0 saturated carbocycles. The van der Waals surface area contributed by atoms with Crippen molar-refractivity contribution in [2.45, 2.75) is 51.2 Å². The van der Waals surface area contributed by atoms with Gasteiger partial charge in [-0.1, -0.05) is 6.07 Å². The molecule has 0 atom stereocenters. The van der Waals surface area contributed by atoms with Crippen molar-refractivity contribution in [1.82, 2.24) is 4.90 Å². The molecule has 0 aliphatic carbocycles. The molecule has 2 aliphatic heterocycles. The van der Waals surface area contributed by atoms with Gasteiger partial charge in [0.1, 0.15) is 17.2 Å². The molecule has 19 heavy (non-hydrogen) atoms. The van der Waals surface area contributed by atoms with Gasteiger partial charge in [-0.2, -0.15) is 0 Å². The van der Waals surface area contributed by atoms with Crippen LogP contribution in [0, 0.1) is 5.82 Å². The number of hydrogen-bond donors (Lipinski definition) is 0. The van der Waals surface area contributed by atoms with Crippen LogP contribution < -0.4 is 4.74 Å². The fraction of sp³-hybridized carbons (Fsp3) is 0.625.